The molecule has 1 aromatic heterocycles. The third-order valence-electron chi connectivity index (χ3n) is 3.12. The summed E-state index contributed by atoms with van der Waals surface area (Å²) in [7, 11) is 0. The summed E-state index contributed by atoms with van der Waals surface area (Å²) in [5.74, 6) is 1.05. The van der Waals surface area contributed by atoms with Crippen LogP contribution in [0.15, 0.2) is 48.5 Å². The predicted molar refractivity (Wildman–Crippen MR) is 80.8 cm³/mol. The van der Waals surface area contributed by atoms with Crippen molar-refractivity contribution in [2.45, 2.75) is 6.92 Å². The van der Waals surface area contributed by atoms with E-state index in [9.17, 15) is 0 Å². The number of ether oxygens (including phenoxy) is 1. The van der Waals surface area contributed by atoms with E-state index in [1.165, 1.54) is 0 Å². The molecule has 0 aliphatic carbocycles. The maximum atomic E-state index is 8.70. The molecule has 0 aliphatic rings. The molecule has 3 aromatic rings. The van der Waals surface area contributed by atoms with Gasteiger partial charge in [0.25, 0.3) is 0 Å². The van der Waals surface area contributed by atoms with Gasteiger partial charge in [-0.25, -0.2) is 4.98 Å². The molecule has 102 valence electrons. The van der Waals surface area contributed by atoms with Gasteiger partial charge in [-0.15, -0.1) is 0 Å². The number of benzene rings is 2. The summed E-state index contributed by atoms with van der Waals surface area (Å²) in [4.78, 5) is 9.05. The van der Waals surface area contributed by atoms with Crippen molar-refractivity contribution in [3.8, 4) is 23.3 Å². The zero-order chi connectivity index (χ0) is 14.7. The Kier molecular flexibility index (Phi) is 3.48. The Bertz CT molecular complexity index is 837. The van der Waals surface area contributed by atoms with Crippen LogP contribution in [0.3, 0.4) is 0 Å². The smallest absolute Gasteiger partial charge is 0.226 e. The van der Waals surface area contributed by atoms with Crippen molar-refractivity contribution in [2.24, 2.45) is 0 Å². The van der Waals surface area contributed by atoms with Gasteiger partial charge in [-0.1, -0.05) is 35.9 Å². The van der Waals surface area contributed by atoms with Gasteiger partial charge in [0.05, 0.1) is 10.9 Å². The SMILES string of the molecule is Cc1cccc(-c2nc(OCC#N)c3ccccc3n2)c1. The number of hydrogen-bond acceptors (Lipinski definition) is 4. The minimum atomic E-state index is -0.0335. The van der Waals surface area contributed by atoms with Gasteiger partial charge < -0.3 is 4.74 Å². The molecule has 4 nitrogen and oxygen atoms in total. The molecule has 0 atom stereocenters. The fourth-order valence-electron chi connectivity index (χ4n) is 2.17. The first-order chi connectivity index (χ1) is 10.3. The van der Waals surface area contributed by atoms with Gasteiger partial charge in [0.1, 0.15) is 6.07 Å². The van der Waals surface area contributed by atoms with E-state index in [1.54, 1.807) is 0 Å². The Balaban J connectivity index is 2.18. The van der Waals surface area contributed by atoms with E-state index in [4.69, 9.17) is 10.00 Å². The van der Waals surface area contributed by atoms with Crippen LogP contribution in [-0.4, -0.2) is 16.6 Å². The lowest BCUT2D eigenvalue weighted by Gasteiger charge is -2.08. The molecule has 0 radical (unpaired) electrons. The highest BCUT2D eigenvalue weighted by atomic mass is 16.5. The van der Waals surface area contributed by atoms with Crippen LogP contribution in [0, 0.1) is 18.3 Å². The molecule has 0 fully saturated rings. The van der Waals surface area contributed by atoms with E-state index < -0.39 is 0 Å². The fraction of sp³-hybridized carbons (Fsp3) is 0.118. The second-order valence-corrected chi connectivity index (χ2v) is 4.69. The van der Waals surface area contributed by atoms with Gasteiger partial charge in [0, 0.05) is 5.56 Å². The number of nitriles is 1. The van der Waals surface area contributed by atoms with E-state index in [-0.39, 0.29) is 6.61 Å². The van der Waals surface area contributed by atoms with Crippen molar-refractivity contribution in [3.63, 3.8) is 0 Å². The highest BCUT2D eigenvalue weighted by molar-refractivity contribution is 5.85. The van der Waals surface area contributed by atoms with Crippen LogP contribution in [-0.2, 0) is 0 Å². The minimum absolute atomic E-state index is 0.0335. The van der Waals surface area contributed by atoms with Crippen molar-refractivity contribution in [1.82, 2.24) is 9.97 Å². The van der Waals surface area contributed by atoms with Crippen molar-refractivity contribution in [3.05, 3.63) is 54.1 Å². The highest BCUT2D eigenvalue weighted by Crippen LogP contribution is 2.26. The molecule has 0 aliphatic heterocycles. The molecular weight excluding hydrogens is 262 g/mol. The Morgan fingerprint density at radius 1 is 1.10 bits per heavy atom. The zero-order valence-electron chi connectivity index (χ0n) is 11.6. The van der Waals surface area contributed by atoms with E-state index >= 15 is 0 Å². The maximum absolute atomic E-state index is 8.70. The summed E-state index contributed by atoms with van der Waals surface area (Å²) >= 11 is 0. The Hall–Kier alpha value is -2.93. The predicted octanol–water partition coefficient (Wildman–Crippen LogP) is 3.51. The highest BCUT2D eigenvalue weighted by Gasteiger charge is 2.10. The molecular formula is C17H13N3O. The molecule has 4 heteroatoms. The fourth-order valence-corrected chi connectivity index (χ4v) is 2.17. The Labute approximate surface area is 122 Å². The largest absolute Gasteiger partial charge is 0.462 e. The van der Waals surface area contributed by atoms with Crippen molar-refractivity contribution < 1.29 is 4.74 Å². The quantitative estimate of drug-likeness (QED) is 0.734. The average Bonchev–Trinajstić information content (AvgIpc) is 2.52. The third kappa shape index (κ3) is 2.67. The van der Waals surface area contributed by atoms with Crippen LogP contribution < -0.4 is 4.74 Å². The first kappa shape index (κ1) is 13.1. The number of aromatic nitrogens is 2. The Morgan fingerprint density at radius 2 is 1.95 bits per heavy atom. The number of hydrogen-bond donors (Lipinski definition) is 0. The first-order valence-electron chi connectivity index (χ1n) is 6.61. The maximum Gasteiger partial charge on any atom is 0.226 e. The first-order valence-corrected chi connectivity index (χ1v) is 6.61. The van der Waals surface area contributed by atoms with Crippen LogP contribution in [0.25, 0.3) is 22.3 Å². The monoisotopic (exact) mass is 275 g/mol. The zero-order valence-corrected chi connectivity index (χ0v) is 11.6. The van der Waals surface area contributed by atoms with Gasteiger partial charge in [0.2, 0.25) is 5.88 Å². The number of aryl methyl sites for hydroxylation is 1. The molecule has 0 unspecified atom stereocenters. The van der Waals surface area contributed by atoms with Gasteiger partial charge in [-0.3, -0.25) is 0 Å². The molecule has 0 spiro atoms. The summed E-state index contributed by atoms with van der Waals surface area (Å²) in [5.41, 5.74) is 2.88. The van der Waals surface area contributed by atoms with Gasteiger partial charge in [-0.05, 0) is 25.1 Å². The van der Waals surface area contributed by atoms with Crippen LogP contribution >= 0.6 is 0 Å². The van der Waals surface area contributed by atoms with Crippen molar-refractivity contribution in [1.29, 1.82) is 5.26 Å². The summed E-state index contributed by atoms with van der Waals surface area (Å²) in [6.45, 7) is 1.99. The van der Waals surface area contributed by atoms with E-state index in [0.717, 1.165) is 22.0 Å². The lowest BCUT2D eigenvalue weighted by atomic mass is 10.1. The molecule has 0 N–H and O–H groups in total. The molecule has 1 heterocycles. The van der Waals surface area contributed by atoms with Crippen LogP contribution in [0.1, 0.15) is 5.56 Å². The molecule has 2 aromatic carbocycles. The topological polar surface area (TPSA) is 58.8 Å². The van der Waals surface area contributed by atoms with Crippen LogP contribution in [0.2, 0.25) is 0 Å². The molecule has 3 rings (SSSR count). The second-order valence-electron chi connectivity index (χ2n) is 4.69. The summed E-state index contributed by atoms with van der Waals surface area (Å²) in [6.07, 6.45) is 0. The van der Waals surface area contributed by atoms with Gasteiger partial charge in [0.15, 0.2) is 12.4 Å². The minimum Gasteiger partial charge on any atom is -0.462 e. The van der Waals surface area contributed by atoms with Crippen molar-refractivity contribution in [2.75, 3.05) is 6.61 Å². The van der Waals surface area contributed by atoms with E-state index in [2.05, 4.69) is 9.97 Å². The standard InChI is InChI=1S/C17H13N3O/c1-12-5-4-6-13(11-12)16-19-15-8-3-2-7-14(15)17(20-16)21-10-9-18/h2-8,11H,10H2,1H3. The number of rotatable bonds is 3. The number of para-hydroxylation sites is 1. The van der Waals surface area contributed by atoms with Crippen LogP contribution in [0.5, 0.6) is 5.88 Å². The molecule has 0 saturated heterocycles. The lowest BCUT2D eigenvalue weighted by molar-refractivity contribution is 0.358. The molecule has 0 saturated carbocycles. The third-order valence-corrected chi connectivity index (χ3v) is 3.12. The molecule has 0 amide bonds. The summed E-state index contributed by atoms with van der Waals surface area (Å²) in [5, 5.41) is 9.51. The lowest BCUT2D eigenvalue weighted by Crippen LogP contribution is -2.00. The molecule has 0 bridgehead atoms. The summed E-state index contributed by atoms with van der Waals surface area (Å²) in [6, 6.07) is 17.6. The van der Waals surface area contributed by atoms with E-state index in [0.29, 0.717) is 11.7 Å². The van der Waals surface area contributed by atoms with Gasteiger partial charge in [-0.2, -0.15) is 10.2 Å². The van der Waals surface area contributed by atoms with Crippen molar-refractivity contribution >= 4 is 10.9 Å². The number of nitrogens with zero attached hydrogens (tertiary/aromatic N) is 3. The van der Waals surface area contributed by atoms with Crippen LogP contribution in [0.4, 0.5) is 0 Å². The van der Waals surface area contributed by atoms with E-state index in [1.807, 2.05) is 61.5 Å². The second kappa shape index (κ2) is 5.59. The van der Waals surface area contributed by atoms with Gasteiger partial charge >= 0.3 is 0 Å². The normalized spacial score (nSPS) is 10.3. The Morgan fingerprint density at radius 3 is 2.76 bits per heavy atom. The summed E-state index contributed by atoms with van der Waals surface area (Å²) < 4.78 is 5.45. The number of fused-ring (bicyclic) bond motifs is 1. The molecule has 21 heavy (non-hydrogen) atoms. The average molecular weight is 275 g/mol.